The highest BCUT2D eigenvalue weighted by Crippen LogP contribution is 2.24. The van der Waals surface area contributed by atoms with Gasteiger partial charge in [-0.05, 0) is 26.7 Å². The first kappa shape index (κ1) is 13.1. The molecule has 1 saturated carbocycles. The molecule has 100 valence electrons. The maximum atomic E-state index is 12.4. The van der Waals surface area contributed by atoms with Crippen molar-refractivity contribution in [2.75, 3.05) is 7.05 Å². The van der Waals surface area contributed by atoms with Gasteiger partial charge in [-0.2, -0.15) is 0 Å². The Hall–Kier alpha value is -1.36. The molecule has 0 aliphatic heterocycles. The summed E-state index contributed by atoms with van der Waals surface area (Å²) in [6.45, 7) is 3.49. The molecular formula is C13H20N2O3. The van der Waals surface area contributed by atoms with Gasteiger partial charge in [0.15, 0.2) is 0 Å². The summed E-state index contributed by atoms with van der Waals surface area (Å²) in [5.41, 5.74) is 1.13. The fourth-order valence-electron chi connectivity index (χ4n) is 2.66. The topological polar surface area (TPSA) is 66.6 Å². The summed E-state index contributed by atoms with van der Waals surface area (Å²) in [5.74, 6) is 0.423. The number of hydrogen-bond acceptors (Lipinski definition) is 4. The second kappa shape index (κ2) is 5.10. The molecule has 5 nitrogen and oxygen atoms in total. The van der Waals surface area contributed by atoms with Gasteiger partial charge in [0.2, 0.25) is 0 Å². The van der Waals surface area contributed by atoms with Gasteiger partial charge in [-0.25, -0.2) is 0 Å². The Labute approximate surface area is 107 Å². The Morgan fingerprint density at radius 3 is 2.61 bits per heavy atom. The fraction of sp³-hybridized carbons (Fsp3) is 0.692. The van der Waals surface area contributed by atoms with E-state index >= 15 is 0 Å². The fourth-order valence-corrected chi connectivity index (χ4v) is 2.66. The van der Waals surface area contributed by atoms with Crippen molar-refractivity contribution < 1.29 is 14.4 Å². The molecule has 0 radical (unpaired) electrons. The van der Waals surface area contributed by atoms with Gasteiger partial charge in [0.1, 0.15) is 11.3 Å². The summed E-state index contributed by atoms with van der Waals surface area (Å²) in [6.07, 6.45) is 3.29. The molecule has 5 heteroatoms. The first-order chi connectivity index (χ1) is 8.52. The SMILES string of the molecule is Cc1noc(C)c1C(=O)N(C)C1CCCCC1O. The maximum Gasteiger partial charge on any atom is 0.259 e. The number of aromatic nitrogens is 1. The van der Waals surface area contributed by atoms with Crippen LogP contribution in [-0.2, 0) is 0 Å². The van der Waals surface area contributed by atoms with E-state index in [1.54, 1.807) is 25.8 Å². The Morgan fingerprint density at radius 2 is 2.06 bits per heavy atom. The molecule has 1 aliphatic rings. The van der Waals surface area contributed by atoms with E-state index in [0.29, 0.717) is 17.0 Å². The van der Waals surface area contributed by atoms with Gasteiger partial charge in [-0.1, -0.05) is 18.0 Å². The molecule has 1 aromatic rings. The zero-order valence-electron chi connectivity index (χ0n) is 11.1. The molecule has 2 unspecified atom stereocenters. The Balaban J connectivity index is 2.18. The summed E-state index contributed by atoms with van der Waals surface area (Å²) in [6, 6.07) is -0.0973. The van der Waals surface area contributed by atoms with Crippen LogP contribution in [0.3, 0.4) is 0 Å². The van der Waals surface area contributed by atoms with Crippen molar-refractivity contribution in [3.05, 3.63) is 17.0 Å². The average molecular weight is 252 g/mol. The van der Waals surface area contributed by atoms with Gasteiger partial charge >= 0.3 is 0 Å². The maximum absolute atomic E-state index is 12.4. The van der Waals surface area contributed by atoms with Crippen LogP contribution in [0.2, 0.25) is 0 Å². The van der Waals surface area contributed by atoms with E-state index in [-0.39, 0.29) is 11.9 Å². The Kier molecular flexibility index (Phi) is 3.71. The summed E-state index contributed by atoms with van der Waals surface area (Å²) < 4.78 is 5.02. The van der Waals surface area contributed by atoms with Crippen molar-refractivity contribution in [2.45, 2.75) is 51.7 Å². The van der Waals surface area contributed by atoms with Gasteiger partial charge in [0.25, 0.3) is 5.91 Å². The minimum atomic E-state index is -0.423. The molecule has 1 fully saturated rings. The molecule has 18 heavy (non-hydrogen) atoms. The van der Waals surface area contributed by atoms with Crippen molar-refractivity contribution in [1.29, 1.82) is 0 Å². The second-order valence-electron chi connectivity index (χ2n) is 5.03. The van der Waals surface area contributed by atoms with Gasteiger partial charge in [-0.3, -0.25) is 4.79 Å². The molecule has 2 rings (SSSR count). The van der Waals surface area contributed by atoms with Crippen LogP contribution in [0.1, 0.15) is 47.5 Å². The van der Waals surface area contributed by atoms with E-state index in [0.717, 1.165) is 25.7 Å². The normalized spacial score (nSPS) is 24.0. The smallest absolute Gasteiger partial charge is 0.259 e. The quantitative estimate of drug-likeness (QED) is 0.869. The van der Waals surface area contributed by atoms with Gasteiger partial charge in [0, 0.05) is 7.05 Å². The third-order valence-corrected chi connectivity index (χ3v) is 3.76. The molecule has 0 aromatic carbocycles. The summed E-state index contributed by atoms with van der Waals surface area (Å²) in [4.78, 5) is 14.0. The molecule has 1 amide bonds. The molecule has 0 bridgehead atoms. The van der Waals surface area contributed by atoms with Crippen LogP contribution in [0.15, 0.2) is 4.52 Å². The van der Waals surface area contributed by atoms with Crippen LogP contribution in [0.5, 0.6) is 0 Å². The van der Waals surface area contributed by atoms with Crippen molar-refractivity contribution in [3.8, 4) is 0 Å². The van der Waals surface area contributed by atoms with Crippen molar-refractivity contribution in [2.24, 2.45) is 0 Å². The molecule has 1 heterocycles. The minimum Gasteiger partial charge on any atom is -0.391 e. The number of hydrogen-bond donors (Lipinski definition) is 1. The number of aliphatic hydroxyl groups excluding tert-OH is 1. The highest BCUT2D eigenvalue weighted by Gasteiger charge is 2.31. The van der Waals surface area contributed by atoms with Crippen molar-refractivity contribution >= 4 is 5.91 Å². The molecule has 1 aliphatic carbocycles. The molecule has 1 N–H and O–H groups in total. The lowest BCUT2D eigenvalue weighted by Crippen LogP contribution is -2.46. The third kappa shape index (κ3) is 2.27. The third-order valence-electron chi connectivity index (χ3n) is 3.76. The molecular weight excluding hydrogens is 232 g/mol. The number of nitrogens with zero attached hydrogens (tertiary/aromatic N) is 2. The molecule has 0 saturated heterocycles. The number of carbonyl (C=O) groups excluding carboxylic acids is 1. The number of rotatable bonds is 2. The number of aliphatic hydroxyl groups is 1. The van der Waals surface area contributed by atoms with E-state index in [1.165, 1.54) is 0 Å². The van der Waals surface area contributed by atoms with Crippen LogP contribution >= 0.6 is 0 Å². The molecule has 1 aromatic heterocycles. The van der Waals surface area contributed by atoms with Gasteiger partial charge in [0.05, 0.1) is 17.8 Å². The Bertz CT molecular complexity index is 422. The summed E-state index contributed by atoms with van der Waals surface area (Å²) >= 11 is 0. The predicted octanol–water partition coefficient (Wildman–Crippen LogP) is 1.67. The van der Waals surface area contributed by atoms with E-state index < -0.39 is 6.10 Å². The summed E-state index contributed by atoms with van der Waals surface area (Å²) in [5, 5.41) is 13.8. The summed E-state index contributed by atoms with van der Waals surface area (Å²) in [7, 11) is 1.74. The lowest BCUT2D eigenvalue weighted by atomic mass is 9.91. The standard InChI is InChI=1S/C13H20N2O3/c1-8-12(9(2)18-14-8)13(17)15(3)10-6-4-5-7-11(10)16/h10-11,16H,4-7H2,1-3H3. The minimum absolute atomic E-state index is 0.0973. The highest BCUT2D eigenvalue weighted by molar-refractivity contribution is 5.96. The zero-order valence-corrected chi connectivity index (χ0v) is 11.1. The average Bonchev–Trinajstić information content (AvgIpc) is 2.68. The largest absolute Gasteiger partial charge is 0.391 e. The van der Waals surface area contributed by atoms with Crippen LogP contribution < -0.4 is 0 Å². The van der Waals surface area contributed by atoms with E-state index in [2.05, 4.69) is 5.16 Å². The number of likely N-dealkylation sites (N-methyl/N-ethyl adjacent to an activating group) is 1. The van der Waals surface area contributed by atoms with Gasteiger partial charge in [-0.15, -0.1) is 0 Å². The Morgan fingerprint density at radius 1 is 1.39 bits per heavy atom. The lowest BCUT2D eigenvalue weighted by molar-refractivity contribution is 0.0266. The van der Waals surface area contributed by atoms with E-state index in [9.17, 15) is 9.90 Å². The van der Waals surface area contributed by atoms with Gasteiger partial charge < -0.3 is 14.5 Å². The predicted molar refractivity (Wildman–Crippen MR) is 66.3 cm³/mol. The monoisotopic (exact) mass is 252 g/mol. The first-order valence-corrected chi connectivity index (χ1v) is 6.40. The van der Waals surface area contributed by atoms with Crippen molar-refractivity contribution in [3.63, 3.8) is 0 Å². The van der Waals surface area contributed by atoms with Crippen LogP contribution in [0, 0.1) is 13.8 Å². The number of carbonyl (C=O) groups is 1. The second-order valence-corrected chi connectivity index (χ2v) is 5.03. The first-order valence-electron chi connectivity index (χ1n) is 6.40. The van der Waals surface area contributed by atoms with E-state index in [1.807, 2.05) is 0 Å². The van der Waals surface area contributed by atoms with Crippen LogP contribution in [0.4, 0.5) is 0 Å². The number of aryl methyl sites for hydroxylation is 2. The van der Waals surface area contributed by atoms with E-state index in [4.69, 9.17) is 4.52 Å². The molecule has 0 spiro atoms. The zero-order chi connectivity index (χ0) is 13.3. The number of amides is 1. The molecule has 2 atom stereocenters. The van der Waals surface area contributed by atoms with Crippen molar-refractivity contribution in [1.82, 2.24) is 10.1 Å². The lowest BCUT2D eigenvalue weighted by Gasteiger charge is -2.35. The van der Waals surface area contributed by atoms with Crippen LogP contribution in [0.25, 0.3) is 0 Å². The highest BCUT2D eigenvalue weighted by atomic mass is 16.5. The van der Waals surface area contributed by atoms with Crippen LogP contribution in [-0.4, -0.2) is 40.3 Å².